The third-order valence-electron chi connectivity index (χ3n) is 4.32. The summed E-state index contributed by atoms with van der Waals surface area (Å²) < 4.78 is 18.9. The number of methoxy groups -OCH3 is 1. The number of benzene rings is 1. The molecule has 27 heavy (non-hydrogen) atoms. The summed E-state index contributed by atoms with van der Waals surface area (Å²) in [6, 6.07) is 10.2. The molecule has 1 N–H and O–H groups in total. The highest BCUT2D eigenvalue weighted by atomic mass is 35.5. The van der Waals surface area contributed by atoms with Crippen LogP contribution in [0.3, 0.4) is 0 Å². The molecule has 4 aromatic rings. The third-order valence-corrected chi connectivity index (χ3v) is 5.29. The molecule has 0 saturated heterocycles. The number of nitrogens with one attached hydrogen (secondary N) is 1. The van der Waals surface area contributed by atoms with Crippen molar-refractivity contribution in [2.75, 3.05) is 7.11 Å². The van der Waals surface area contributed by atoms with Gasteiger partial charge in [0.2, 0.25) is 0 Å². The number of fused-ring (bicyclic) bond motifs is 1. The van der Waals surface area contributed by atoms with Crippen LogP contribution < -0.4 is 0 Å². The highest BCUT2D eigenvalue weighted by molar-refractivity contribution is 7.08. The predicted octanol–water partition coefficient (Wildman–Crippen LogP) is 5.46. The van der Waals surface area contributed by atoms with E-state index < -0.39 is 11.8 Å². The van der Waals surface area contributed by atoms with E-state index in [0.717, 1.165) is 27.7 Å². The van der Waals surface area contributed by atoms with Gasteiger partial charge >= 0.3 is 5.97 Å². The molecule has 0 unspecified atom stereocenters. The second-order valence-corrected chi connectivity index (χ2v) is 7.17. The highest BCUT2D eigenvalue weighted by Gasteiger charge is 2.17. The molecule has 0 atom stereocenters. The lowest BCUT2D eigenvalue weighted by atomic mass is 10.0. The zero-order valence-corrected chi connectivity index (χ0v) is 15.8. The Labute approximate surface area is 163 Å². The number of nitrogens with zero attached hydrogens (tertiary/aromatic N) is 1. The van der Waals surface area contributed by atoms with Crippen molar-refractivity contribution in [3.8, 4) is 11.3 Å². The van der Waals surface area contributed by atoms with Gasteiger partial charge in [-0.05, 0) is 41.3 Å². The van der Waals surface area contributed by atoms with Crippen LogP contribution in [-0.4, -0.2) is 23.0 Å². The zero-order chi connectivity index (χ0) is 19.0. The third kappa shape index (κ3) is 3.34. The lowest BCUT2D eigenvalue weighted by Crippen LogP contribution is -2.06. The molecule has 0 aliphatic heterocycles. The van der Waals surface area contributed by atoms with Crippen molar-refractivity contribution in [3.63, 3.8) is 0 Å². The van der Waals surface area contributed by atoms with Gasteiger partial charge in [-0.2, -0.15) is 11.3 Å². The van der Waals surface area contributed by atoms with Gasteiger partial charge in [-0.3, -0.25) is 0 Å². The number of esters is 1. The molecule has 1 aromatic carbocycles. The second-order valence-electron chi connectivity index (χ2n) is 5.99. The molecule has 4 nitrogen and oxygen atoms in total. The first-order chi connectivity index (χ1) is 13.1. The topological polar surface area (TPSA) is 55.0 Å². The molecule has 0 amide bonds. The number of pyridine rings is 1. The summed E-state index contributed by atoms with van der Waals surface area (Å²) in [5.74, 6) is -0.968. The van der Waals surface area contributed by atoms with E-state index in [2.05, 4.69) is 9.97 Å². The molecule has 3 aromatic heterocycles. The van der Waals surface area contributed by atoms with Gasteiger partial charge in [0.15, 0.2) is 0 Å². The average molecular weight is 401 g/mol. The number of thiophene rings is 1. The lowest BCUT2D eigenvalue weighted by molar-refractivity contribution is 0.0593. The van der Waals surface area contributed by atoms with Crippen LogP contribution in [0.15, 0.2) is 47.2 Å². The predicted molar refractivity (Wildman–Crippen MR) is 105 cm³/mol. The molecule has 0 aliphatic carbocycles. The summed E-state index contributed by atoms with van der Waals surface area (Å²) in [5, 5.41) is 4.81. The summed E-state index contributed by atoms with van der Waals surface area (Å²) in [7, 11) is 1.32. The van der Waals surface area contributed by atoms with E-state index in [4.69, 9.17) is 16.3 Å². The quantitative estimate of drug-likeness (QED) is 0.463. The Morgan fingerprint density at radius 2 is 2.19 bits per heavy atom. The molecule has 0 aliphatic rings. The van der Waals surface area contributed by atoms with Crippen LogP contribution in [0.5, 0.6) is 0 Å². The first kappa shape index (κ1) is 17.7. The van der Waals surface area contributed by atoms with Crippen molar-refractivity contribution in [3.05, 3.63) is 74.9 Å². The molecule has 3 heterocycles. The van der Waals surface area contributed by atoms with Crippen molar-refractivity contribution in [1.82, 2.24) is 9.97 Å². The standard InChI is InChI=1S/C20H14ClFN2O2S/c1-26-20(25)17-4-2-3-12(23-17)7-14-13-8-16(22)15(21)9-18(13)24-19(14)11-5-6-27-10-11/h2-6,8-10,24H,7H2,1H3. The Hall–Kier alpha value is -2.70. The molecule has 0 saturated carbocycles. The highest BCUT2D eigenvalue weighted by Crippen LogP contribution is 2.35. The van der Waals surface area contributed by atoms with E-state index in [0.29, 0.717) is 12.1 Å². The fourth-order valence-electron chi connectivity index (χ4n) is 3.06. The minimum atomic E-state index is -0.494. The van der Waals surface area contributed by atoms with Gasteiger partial charge in [-0.1, -0.05) is 17.7 Å². The van der Waals surface area contributed by atoms with E-state index in [1.165, 1.54) is 13.2 Å². The number of aromatic amines is 1. The van der Waals surface area contributed by atoms with Crippen LogP contribution in [0.1, 0.15) is 21.7 Å². The van der Waals surface area contributed by atoms with E-state index in [9.17, 15) is 9.18 Å². The number of rotatable bonds is 4. The number of carbonyl (C=O) groups excluding carboxylic acids is 1. The van der Waals surface area contributed by atoms with Crippen LogP contribution in [-0.2, 0) is 11.2 Å². The minimum absolute atomic E-state index is 0.0676. The Balaban J connectivity index is 1.86. The molecular formula is C20H14ClFN2O2S. The van der Waals surface area contributed by atoms with Gasteiger partial charge < -0.3 is 9.72 Å². The molecule has 7 heteroatoms. The number of carbonyl (C=O) groups is 1. The largest absolute Gasteiger partial charge is 0.464 e. The summed E-state index contributed by atoms with van der Waals surface area (Å²) in [5.41, 5.74) is 4.46. The van der Waals surface area contributed by atoms with Crippen molar-refractivity contribution in [2.45, 2.75) is 6.42 Å². The van der Waals surface area contributed by atoms with Crippen molar-refractivity contribution in [1.29, 1.82) is 0 Å². The summed E-state index contributed by atoms with van der Waals surface area (Å²) in [6.45, 7) is 0. The Morgan fingerprint density at radius 3 is 2.93 bits per heavy atom. The Bertz CT molecular complexity index is 1140. The summed E-state index contributed by atoms with van der Waals surface area (Å²) in [6.07, 6.45) is 0.428. The van der Waals surface area contributed by atoms with Crippen LogP contribution in [0.25, 0.3) is 22.2 Å². The molecule has 0 fully saturated rings. The molecule has 136 valence electrons. The van der Waals surface area contributed by atoms with E-state index in [1.54, 1.807) is 29.5 Å². The van der Waals surface area contributed by atoms with Gasteiger partial charge in [0.25, 0.3) is 0 Å². The first-order valence-electron chi connectivity index (χ1n) is 8.13. The van der Waals surface area contributed by atoms with Crippen LogP contribution in [0.2, 0.25) is 5.02 Å². The maximum absolute atomic E-state index is 14.1. The van der Waals surface area contributed by atoms with E-state index >= 15 is 0 Å². The smallest absolute Gasteiger partial charge is 0.356 e. The molecule has 0 spiro atoms. The van der Waals surface area contributed by atoms with Gasteiger partial charge in [0.1, 0.15) is 11.5 Å². The summed E-state index contributed by atoms with van der Waals surface area (Å²) >= 11 is 7.53. The maximum Gasteiger partial charge on any atom is 0.356 e. The van der Waals surface area contributed by atoms with Crippen molar-refractivity contribution < 1.29 is 13.9 Å². The number of aromatic nitrogens is 2. The van der Waals surface area contributed by atoms with E-state index in [-0.39, 0.29) is 10.7 Å². The maximum atomic E-state index is 14.1. The van der Waals surface area contributed by atoms with Gasteiger partial charge in [-0.25, -0.2) is 14.2 Å². The van der Waals surface area contributed by atoms with E-state index in [1.807, 2.05) is 22.9 Å². The van der Waals surface area contributed by atoms with Gasteiger partial charge in [0.05, 0.1) is 17.8 Å². The molecule has 4 rings (SSSR count). The Kier molecular flexibility index (Phi) is 4.68. The summed E-state index contributed by atoms with van der Waals surface area (Å²) in [4.78, 5) is 19.5. The number of H-pyrrole nitrogens is 1. The van der Waals surface area contributed by atoms with Crippen LogP contribution >= 0.6 is 22.9 Å². The number of hydrogen-bond donors (Lipinski definition) is 1. The molecule has 0 radical (unpaired) electrons. The van der Waals surface area contributed by atoms with Gasteiger partial charge in [-0.15, -0.1) is 0 Å². The SMILES string of the molecule is COC(=O)c1cccc(Cc2c(-c3ccsc3)[nH]c3cc(Cl)c(F)cc23)n1. The normalized spacial score (nSPS) is 11.1. The molecular weight excluding hydrogens is 387 g/mol. The monoisotopic (exact) mass is 400 g/mol. The minimum Gasteiger partial charge on any atom is -0.464 e. The average Bonchev–Trinajstić information content (AvgIpc) is 3.31. The lowest BCUT2D eigenvalue weighted by Gasteiger charge is -2.06. The molecule has 0 bridgehead atoms. The van der Waals surface area contributed by atoms with Crippen molar-refractivity contribution >= 4 is 39.8 Å². The fraction of sp³-hybridized carbons (Fsp3) is 0.100. The number of hydrogen-bond acceptors (Lipinski definition) is 4. The zero-order valence-electron chi connectivity index (χ0n) is 14.3. The van der Waals surface area contributed by atoms with Gasteiger partial charge in [0, 0.05) is 34.0 Å². The van der Waals surface area contributed by atoms with Crippen molar-refractivity contribution in [2.24, 2.45) is 0 Å². The first-order valence-corrected chi connectivity index (χ1v) is 9.45. The second kappa shape index (κ2) is 7.13. The number of halogens is 2. The number of ether oxygens (including phenoxy) is 1. The Morgan fingerprint density at radius 1 is 1.33 bits per heavy atom. The van der Waals surface area contributed by atoms with Crippen LogP contribution in [0, 0.1) is 5.82 Å². The van der Waals surface area contributed by atoms with Crippen LogP contribution in [0.4, 0.5) is 4.39 Å². The fourth-order valence-corrected chi connectivity index (χ4v) is 3.87.